The molecule has 0 radical (unpaired) electrons. The zero-order chi connectivity index (χ0) is 18.7. The van der Waals surface area contributed by atoms with Crippen LogP contribution < -0.4 is 15.9 Å². The van der Waals surface area contributed by atoms with Crippen LogP contribution in [0.4, 0.5) is 11.4 Å². The van der Waals surface area contributed by atoms with Crippen molar-refractivity contribution >= 4 is 34.0 Å². The molecule has 2 aromatic carbocycles. The molecule has 0 atom stereocenters. The van der Waals surface area contributed by atoms with E-state index in [1.807, 2.05) is 6.92 Å². The molecule has 1 aliphatic heterocycles. The van der Waals surface area contributed by atoms with Crippen LogP contribution in [0.25, 0.3) is 0 Å². The topological polar surface area (TPSA) is 111 Å². The predicted octanol–water partition coefficient (Wildman–Crippen LogP) is 0.866. The highest BCUT2D eigenvalue weighted by Crippen LogP contribution is 2.23. The summed E-state index contributed by atoms with van der Waals surface area (Å²) in [5.41, 5.74) is 8.66. The van der Waals surface area contributed by atoms with Crippen molar-refractivity contribution in [2.75, 3.05) is 23.7 Å². The molecule has 0 fully saturated rings. The van der Waals surface area contributed by atoms with Crippen molar-refractivity contribution in [2.45, 2.75) is 24.8 Å². The van der Waals surface area contributed by atoms with Gasteiger partial charge in [-0.3, -0.25) is 4.72 Å². The van der Waals surface area contributed by atoms with Crippen molar-refractivity contribution < 1.29 is 22.8 Å². The number of nitrogens with one attached hydrogen (secondary N) is 1. The van der Waals surface area contributed by atoms with Gasteiger partial charge in [0.1, 0.15) is 0 Å². The van der Waals surface area contributed by atoms with Crippen molar-refractivity contribution in [1.82, 2.24) is 0 Å². The summed E-state index contributed by atoms with van der Waals surface area (Å²) in [6, 6.07) is 9.66. The molecule has 0 aliphatic carbocycles. The van der Waals surface area contributed by atoms with Gasteiger partial charge in [-0.1, -0.05) is 6.07 Å². The Bertz CT molecular complexity index is 904. The van der Waals surface area contributed by atoms with Crippen LogP contribution in [0.2, 0.25) is 0 Å². The monoisotopic (exact) mass is 376 g/mol. The van der Waals surface area contributed by atoms with Crippen molar-refractivity contribution in [3.8, 4) is 0 Å². The third-order valence-electron chi connectivity index (χ3n) is 4.15. The minimum absolute atomic E-state index is 0.156. The molecule has 4 N–H and O–H groups in total. The maximum Gasteiger partial charge on any atom is 0.491 e. The van der Waals surface area contributed by atoms with Crippen molar-refractivity contribution in [3.63, 3.8) is 0 Å². The Morgan fingerprint density at radius 2 is 2.12 bits per heavy atom. The standard InChI is InChI=1S/C17H21BN2O5S/c1-2-24-8-7-12-9-14(19)4-6-17(12)26(22,23)20-15-5-3-13-11-25-18(21)16(13)10-15/h3-6,9-10,20-21H,2,7-8,11,19H2,1H3. The Morgan fingerprint density at radius 1 is 1.31 bits per heavy atom. The van der Waals surface area contributed by atoms with Gasteiger partial charge in [0.05, 0.1) is 18.1 Å². The Hall–Kier alpha value is -2.07. The van der Waals surface area contributed by atoms with E-state index in [1.165, 1.54) is 6.07 Å². The first kappa shape index (κ1) is 18.7. The molecule has 9 heteroatoms. The lowest BCUT2D eigenvalue weighted by atomic mass is 9.79. The van der Waals surface area contributed by atoms with Crippen molar-refractivity contribution in [2.24, 2.45) is 0 Å². The summed E-state index contributed by atoms with van der Waals surface area (Å²) in [7, 11) is -4.85. The minimum atomic E-state index is -3.82. The lowest BCUT2D eigenvalue weighted by molar-refractivity contribution is 0.150. The van der Waals surface area contributed by atoms with E-state index < -0.39 is 17.1 Å². The van der Waals surface area contributed by atoms with Gasteiger partial charge in [-0.25, -0.2) is 8.42 Å². The van der Waals surface area contributed by atoms with Gasteiger partial charge in [0.25, 0.3) is 10.0 Å². The Kier molecular flexibility index (Phi) is 5.52. The highest BCUT2D eigenvalue weighted by atomic mass is 32.2. The van der Waals surface area contributed by atoms with Crippen LogP contribution in [0.3, 0.4) is 0 Å². The average molecular weight is 376 g/mol. The molecule has 0 unspecified atom stereocenters. The van der Waals surface area contributed by atoms with Crippen LogP contribution in [0.1, 0.15) is 18.1 Å². The molecule has 0 saturated carbocycles. The number of rotatable bonds is 7. The summed E-state index contributed by atoms with van der Waals surface area (Å²) in [6.45, 7) is 3.15. The molecule has 2 aromatic rings. The lowest BCUT2D eigenvalue weighted by Gasteiger charge is -2.14. The molecule has 0 bridgehead atoms. The molecule has 0 aromatic heterocycles. The number of sulfonamides is 1. The average Bonchev–Trinajstić information content (AvgIpc) is 2.95. The highest BCUT2D eigenvalue weighted by molar-refractivity contribution is 7.92. The fraction of sp³-hybridized carbons (Fsp3) is 0.294. The Balaban J connectivity index is 1.88. The summed E-state index contributed by atoms with van der Waals surface area (Å²) in [5, 5.41) is 9.79. The molecule has 1 heterocycles. The summed E-state index contributed by atoms with van der Waals surface area (Å²) in [5.74, 6) is 0. The maximum atomic E-state index is 12.9. The fourth-order valence-electron chi connectivity index (χ4n) is 2.87. The Morgan fingerprint density at radius 3 is 2.88 bits per heavy atom. The van der Waals surface area contributed by atoms with Crippen LogP contribution in [0, 0.1) is 0 Å². The van der Waals surface area contributed by atoms with Gasteiger partial charge in [0, 0.05) is 18.0 Å². The van der Waals surface area contributed by atoms with E-state index in [9.17, 15) is 13.4 Å². The zero-order valence-corrected chi connectivity index (χ0v) is 15.3. The van der Waals surface area contributed by atoms with Crippen LogP contribution in [0.5, 0.6) is 0 Å². The van der Waals surface area contributed by atoms with Gasteiger partial charge < -0.3 is 20.1 Å². The molecule has 0 amide bonds. The van der Waals surface area contributed by atoms with Gasteiger partial charge in [0.2, 0.25) is 0 Å². The molecule has 0 spiro atoms. The second-order valence-electron chi connectivity index (χ2n) is 6.00. The predicted molar refractivity (Wildman–Crippen MR) is 101 cm³/mol. The highest BCUT2D eigenvalue weighted by Gasteiger charge is 2.28. The normalized spacial score (nSPS) is 13.7. The fourth-order valence-corrected chi connectivity index (χ4v) is 4.17. The molecule has 0 saturated heterocycles. The minimum Gasteiger partial charge on any atom is -0.423 e. The quantitative estimate of drug-likeness (QED) is 0.376. The van der Waals surface area contributed by atoms with Gasteiger partial charge in [0.15, 0.2) is 0 Å². The largest absolute Gasteiger partial charge is 0.491 e. The van der Waals surface area contributed by atoms with E-state index in [-0.39, 0.29) is 4.90 Å². The summed E-state index contributed by atoms with van der Waals surface area (Å²) in [4.78, 5) is 0.156. The van der Waals surface area contributed by atoms with Crippen LogP contribution in [-0.4, -0.2) is 33.8 Å². The second kappa shape index (κ2) is 7.67. The SMILES string of the molecule is CCOCCc1cc(N)ccc1S(=O)(=O)Nc1ccc2c(c1)B(O)OC2. The van der Waals surface area contributed by atoms with Gasteiger partial charge in [-0.15, -0.1) is 0 Å². The van der Waals surface area contributed by atoms with E-state index in [2.05, 4.69) is 4.72 Å². The first-order valence-electron chi connectivity index (χ1n) is 8.32. The van der Waals surface area contributed by atoms with E-state index in [4.69, 9.17) is 15.1 Å². The smallest absolute Gasteiger partial charge is 0.423 e. The molecule has 3 rings (SSSR count). The van der Waals surface area contributed by atoms with E-state index in [0.29, 0.717) is 48.6 Å². The summed E-state index contributed by atoms with van der Waals surface area (Å²) in [6.07, 6.45) is 0.436. The Labute approximate surface area is 153 Å². The number of anilines is 2. The third kappa shape index (κ3) is 4.01. The number of hydrogen-bond donors (Lipinski definition) is 3. The first-order chi connectivity index (χ1) is 12.4. The summed E-state index contributed by atoms with van der Waals surface area (Å²) < 4.78 is 38.7. The van der Waals surface area contributed by atoms with Crippen LogP contribution in [0.15, 0.2) is 41.3 Å². The number of benzene rings is 2. The molecule has 1 aliphatic rings. The van der Waals surface area contributed by atoms with Crippen LogP contribution >= 0.6 is 0 Å². The van der Waals surface area contributed by atoms with Gasteiger partial charge in [-0.05, 0) is 60.3 Å². The maximum absolute atomic E-state index is 12.9. The number of nitrogen functional groups attached to an aromatic ring is 1. The zero-order valence-electron chi connectivity index (χ0n) is 14.4. The van der Waals surface area contributed by atoms with Crippen LogP contribution in [-0.2, 0) is 32.4 Å². The van der Waals surface area contributed by atoms with Gasteiger partial charge in [-0.2, -0.15) is 0 Å². The van der Waals surface area contributed by atoms with E-state index in [1.54, 1.807) is 30.3 Å². The first-order valence-corrected chi connectivity index (χ1v) is 9.80. The third-order valence-corrected chi connectivity index (χ3v) is 5.64. The number of nitrogens with two attached hydrogens (primary N) is 1. The van der Waals surface area contributed by atoms with Crippen molar-refractivity contribution in [1.29, 1.82) is 0 Å². The van der Waals surface area contributed by atoms with E-state index >= 15 is 0 Å². The number of fused-ring (bicyclic) bond motifs is 1. The van der Waals surface area contributed by atoms with Crippen molar-refractivity contribution in [3.05, 3.63) is 47.5 Å². The number of hydrogen-bond acceptors (Lipinski definition) is 6. The molecule has 138 valence electrons. The molecular weight excluding hydrogens is 355 g/mol. The second-order valence-corrected chi connectivity index (χ2v) is 7.65. The molecule has 7 nitrogen and oxygen atoms in total. The van der Waals surface area contributed by atoms with E-state index in [0.717, 1.165) is 5.56 Å². The lowest BCUT2D eigenvalue weighted by Crippen LogP contribution is -2.28. The summed E-state index contributed by atoms with van der Waals surface area (Å²) >= 11 is 0. The van der Waals surface area contributed by atoms with Gasteiger partial charge >= 0.3 is 7.12 Å². The molecular formula is C17H21BN2O5S. The number of ether oxygens (including phenoxy) is 1. The molecule has 26 heavy (non-hydrogen) atoms.